The second kappa shape index (κ2) is 4.62. The summed E-state index contributed by atoms with van der Waals surface area (Å²) in [6.45, 7) is 0. The van der Waals surface area contributed by atoms with Gasteiger partial charge in [-0.15, -0.1) is 0 Å². The number of aromatic nitrogens is 2. The summed E-state index contributed by atoms with van der Waals surface area (Å²) in [5.41, 5.74) is 2.44. The van der Waals surface area contributed by atoms with Crippen LogP contribution in [0.2, 0.25) is 0 Å². The fourth-order valence-electron chi connectivity index (χ4n) is 1.78. The smallest absolute Gasteiger partial charge is 0.139 e. The Kier molecular flexibility index (Phi) is 3.11. The average molecular weight is 417 g/mol. The normalized spacial score (nSPS) is 11.1. The number of halogens is 3. The van der Waals surface area contributed by atoms with E-state index in [0.717, 1.165) is 20.5 Å². The van der Waals surface area contributed by atoms with Gasteiger partial charge in [0.1, 0.15) is 11.6 Å². The van der Waals surface area contributed by atoms with Crippen LogP contribution in [0.3, 0.4) is 0 Å². The molecule has 0 bridgehead atoms. The number of nitrogens with zero attached hydrogens (tertiary/aromatic N) is 1. The Balaban J connectivity index is 2.19. The molecule has 0 spiro atoms. The highest BCUT2D eigenvalue weighted by Gasteiger charge is 2.08. The van der Waals surface area contributed by atoms with Crippen LogP contribution in [0.5, 0.6) is 0 Å². The van der Waals surface area contributed by atoms with Crippen molar-refractivity contribution < 1.29 is 4.39 Å². The van der Waals surface area contributed by atoms with Gasteiger partial charge in [0.15, 0.2) is 0 Å². The zero-order chi connectivity index (χ0) is 12.7. The monoisotopic (exact) mass is 416 g/mol. The molecule has 0 aliphatic heterocycles. The SMILES string of the molecule is Fc1cc2[nH]c(-c3cccc(I)c3)nc2cc1Br. The molecule has 1 N–H and O–H groups in total. The molecule has 18 heavy (non-hydrogen) atoms. The first-order chi connectivity index (χ1) is 8.63. The first-order valence-electron chi connectivity index (χ1n) is 5.24. The van der Waals surface area contributed by atoms with E-state index in [2.05, 4.69) is 48.5 Å². The van der Waals surface area contributed by atoms with Crippen LogP contribution in [-0.4, -0.2) is 9.97 Å². The molecule has 0 fully saturated rings. The lowest BCUT2D eigenvalue weighted by atomic mass is 10.2. The van der Waals surface area contributed by atoms with Crippen LogP contribution < -0.4 is 0 Å². The van der Waals surface area contributed by atoms with Gasteiger partial charge in [0.25, 0.3) is 0 Å². The summed E-state index contributed by atoms with van der Waals surface area (Å²) in [5.74, 6) is 0.460. The molecular weight excluding hydrogens is 410 g/mol. The molecule has 0 saturated carbocycles. The van der Waals surface area contributed by atoms with Gasteiger partial charge in [-0.25, -0.2) is 9.37 Å². The largest absolute Gasteiger partial charge is 0.338 e. The number of aromatic amines is 1. The summed E-state index contributed by atoms with van der Waals surface area (Å²) in [7, 11) is 0. The van der Waals surface area contributed by atoms with Gasteiger partial charge in [-0.05, 0) is 56.7 Å². The average Bonchev–Trinajstić information content (AvgIpc) is 2.73. The van der Waals surface area contributed by atoms with Gasteiger partial charge in [0.05, 0.1) is 15.5 Å². The summed E-state index contributed by atoms with van der Waals surface area (Å²) in [5, 5.41) is 0. The molecule has 2 aromatic carbocycles. The van der Waals surface area contributed by atoms with Crippen molar-refractivity contribution in [3.05, 3.63) is 50.3 Å². The maximum Gasteiger partial charge on any atom is 0.139 e. The van der Waals surface area contributed by atoms with Crippen LogP contribution >= 0.6 is 38.5 Å². The van der Waals surface area contributed by atoms with Crippen LogP contribution in [0.4, 0.5) is 4.39 Å². The van der Waals surface area contributed by atoms with Gasteiger partial charge in [-0.3, -0.25) is 0 Å². The third kappa shape index (κ3) is 2.16. The summed E-state index contributed by atoms with van der Waals surface area (Å²) in [6.07, 6.45) is 0. The molecule has 90 valence electrons. The summed E-state index contributed by atoms with van der Waals surface area (Å²) in [6, 6.07) is 11.1. The molecule has 0 atom stereocenters. The summed E-state index contributed by atoms with van der Waals surface area (Å²) in [4.78, 5) is 7.60. The number of nitrogens with one attached hydrogen (secondary N) is 1. The zero-order valence-electron chi connectivity index (χ0n) is 9.05. The van der Waals surface area contributed by atoms with Crippen LogP contribution in [0, 0.1) is 9.39 Å². The minimum Gasteiger partial charge on any atom is -0.338 e. The third-order valence-electron chi connectivity index (χ3n) is 2.62. The molecule has 0 aliphatic carbocycles. The van der Waals surface area contributed by atoms with Crippen molar-refractivity contribution in [2.75, 3.05) is 0 Å². The minimum atomic E-state index is -0.291. The number of benzene rings is 2. The first-order valence-corrected chi connectivity index (χ1v) is 7.11. The van der Waals surface area contributed by atoms with E-state index in [1.165, 1.54) is 6.07 Å². The Morgan fingerprint density at radius 3 is 2.83 bits per heavy atom. The van der Waals surface area contributed by atoms with Crippen molar-refractivity contribution in [3.63, 3.8) is 0 Å². The molecule has 0 aliphatic rings. The molecule has 1 aromatic heterocycles. The second-order valence-electron chi connectivity index (χ2n) is 3.88. The van der Waals surface area contributed by atoms with Gasteiger partial charge >= 0.3 is 0 Å². The molecule has 5 heteroatoms. The van der Waals surface area contributed by atoms with E-state index < -0.39 is 0 Å². The second-order valence-corrected chi connectivity index (χ2v) is 5.98. The highest BCUT2D eigenvalue weighted by atomic mass is 127. The molecule has 0 amide bonds. The van der Waals surface area contributed by atoms with E-state index >= 15 is 0 Å². The van der Waals surface area contributed by atoms with Crippen LogP contribution in [-0.2, 0) is 0 Å². The lowest BCUT2D eigenvalue weighted by Crippen LogP contribution is -1.80. The molecule has 3 rings (SSSR count). The van der Waals surface area contributed by atoms with Crippen molar-refractivity contribution in [1.29, 1.82) is 0 Å². The number of H-pyrrole nitrogens is 1. The molecule has 0 unspecified atom stereocenters. The van der Waals surface area contributed by atoms with Gasteiger partial charge < -0.3 is 4.98 Å². The molecule has 0 saturated heterocycles. The predicted molar refractivity (Wildman–Crippen MR) is 81.9 cm³/mol. The fraction of sp³-hybridized carbons (Fsp3) is 0. The Hall–Kier alpha value is -0.950. The van der Waals surface area contributed by atoms with E-state index in [-0.39, 0.29) is 5.82 Å². The summed E-state index contributed by atoms with van der Waals surface area (Å²) < 4.78 is 15.0. The van der Waals surface area contributed by atoms with Crippen molar-refractivity contribution in [2.45, 2.75) is 0 Å². The molecule has 2 nitrogen and oxygen atoms in total. The minimum absolute atomic E-state index is 0.291. The maximum absolute atomic E-state index is 13.4. The molecular formula is C13H7BrFIN2. The van der Waals surface area contributed by atoms with Crippen molar-refractivity contribution in [3.8, 4) is 11.4 Å². The quantitative estimate of drug-likeness (QED) is 0.570. The number of hydrogen-bond acceptors (Lipinski definition) is 1. The third-order valence-corrected chi connectivity index (χ3v) is 3.90. The highest BCUT2D eigenvalue weighted by Crippen LogP contribution is 2.25. The zero-order valence-corrected chi connectivity index (χ0v) is 12.8. The Morgan fingerprint density at radius 2 is 2.06 bits per heavy atom. The number of rotatable bonds is 1. The van der Waals surface area contributed by atoms with E-state index in [1.807, 2.05) is 24.3 Å². The first kappa shape index (κ1) is 12.1. The molecule has 0 radical (unpaired) electrons. The predicted octanol–water partition coefficient (Wildman–Crippen LogP) is 4.74. The Labute approximate surface area is 125 Å². The lowest BCUT2D eigenvalue weighted by molar-refractivity contribution is 0.623. The van der Waals surface area contributed by atoms with Crippen molar-refractivity contribution >= 4 is 49.6 Å². The van der Waals surface area contributed by atoms with E-state index in [1.54, 1.807) is 6.07 Å². The standard InChI is InChI=1S/C13H7BrFIN2/c14-9-5-11-12(6-10(9)15)18-13(17-11)7-2-1-3-8(16)4-7/h1-6H,(H,17,18). The number of fused-ring (bicyclic) bond motifs is 1. The Morgan fingerprint density at radius 1 is 1.22 bits per heavy atom. The van der Waals surface area contributed by atoms with E-state index in [9.17, 15) is 4.39 Å². The van der Waals surface area contributed by atoms with Crippen molar-refractivity contribution in [2.24, 2.45) is 0 Å². The molecule has 1 heterocycles. The fourth-order valence-corrected chi connectivity index (χ4v) is 2.65. The van der Waals surface area contributed by atoms with Gasteiger partial charge in [0.2, 0.25) is 0 Å². The topological polar surface area (TPSA) is 28.7 Å². The number of imidazole rings is 1. The summed E-state index contributed by atoms with van der Waals surface area (Å²) >= 11 is 5.42. The van der Waals surface area contributed by atoms with E-state index in [0.29, 0.717) is 9.99 Å². The maximum atomic E-state index is 13.4. The van der Waals surface area contributed by atoms with Crippen molar-refractivity contribution in [1.82, 2.24) is 9.97 Å². The van der Waals surface area contributed by atoms with Gasteiger partial charge in [0, 0.05) is 15.2 Å². The number of hydrogen-bond donors (Lipinski definition) is 1. The van der Waals surface area contributed by atoms with Crippen LogP contribution in [0.1, 0.15) is 0 Å². The molecule has 3 aromatic rings. The Bertz CT molecular complexity index is 700. The van der Waals surface area contributed by atoms with Gasteiger partial charge in [-0.2, -0.15) is 0 Å². The highest BCUT2D eigenvalue weighted by molar-refractivity contribution is 14.1. The van der Waals surface area contributed by atoms with E-state index in [4.69, 9.17) is 0 Å². The van der Waals surface area contributed by atoms with Crippen LogP contribution in [0.15, 0.2) is 40.9 Å². The van der Waals surface area contributed by atoms with Crippen LogP contribution in [0.25, 0.3) is 22.4 Å². The van der Waals surface area contributed by atoms with Gasteiger partial charge in [-0.1, -0.05) is 12.1 Å². The lowest BCUT2D eigenvalue weighted by Gasteiger charge is -1.96.